The van der Waals surface area contributed by atoms with Crippen molar-refractivity contribution in [3.05, 3.63) is 69.5 Å². The van der Waals surface area contributed by atoms with Gasteiger partial charge in [0.15, 0.2) is 17.2 Å². The van der Waals surface area contributed by atoms with Crippen LogP contribution in [0, 0.1) is 0 Å². The number of carbonyl (C=O) groups is 1. The van der Waals surface area contributed by atoms with Gasteiger partial charge in [-0.1, -0.05) is 35.5 Å². The number of rotatable bonds is 10. The average molecular weight is 557 g/mol. The van der Waals surface area contributed by atoms with Crippen molar-refractivity contribution in [3.63, 3.8) is 0 Å². The van der Waals surface area contributed by atoms with Gasteiger partial charge >= 0.3 is 0 Å². The van der Waals surface area contributed by atoms with Crippen molar-refractivity contribution < 1.29 is 23.6 Å². The van der Waals surface area contributed by atoms with Crippen molar-refractivity contribution in [2.45, 2.75) is 13.2 Å². The highest BCUT2D eigenvalue weighted by Gasteiger charge is 2.23. The summed E-state index contributed by atoms with van der Waals surface area (Å²) in [7, 11) is 3.00. The molecule has 3 N–H and O–H groups in total. The Morgan fingerprint density at radius 1 is 1.22 bits per heavy atom. The molecule has 13 nitrogen and oxygen atoms in total. The number of methoxy groups -OCH3 is 2. The van der Waals surface area contributed by atoms with Crippen LogP contribution < -0.4 is 20.6 Å². The van der Waals surface area contributed by atoms with Crippen molar-refractivity contribution in [1.29, 1.82) is 0 Å². The number of aromatic nitrogens is 5. The predicted octanol–water partition coefficient (Wildman–Crippen LogP) is 2.49. The first kappa shape index (κ1) is 24.8. The number of hydrogen-bond donors (Lipinski definition) is 2. The third kappa shape index (κ3) is 5.50. The molecule has 2 heterocycles. The molecule has 2 aromatic carbocycles. The Labute approximate surface area is 213 Å². The molecule has 4 aromatic rings. The second kappa shape index (κ2) is 11.4. The van der Waals surface area contributed by atoms with Crippen LogP contribution in [-0.2, 0) is 18.0 Å². The van der Waals surface area contributed by atoms with Crippen molar-refractivity contribution in [1.82, 2.24) is 30.7 Å². The lowest BCUT2D eigenvalue weighted by molar-refractivity contribution is 0.0944. The Bertz CT molecular complexity index is 1370. The number of amides is 1. The molecule has 2 aromatic heterocycles. The van der Waals surface area contributed by atoms with Crippen molar-refractivity contribution in [3.8, 4) is 17.3 Å². The molecule has 0 spiro atoms. The zero-order valence-electron chi connectivity index (χ0n) is 19.2. The molecule has 186 valence electrons. The van der Waals surface area contributed by atoms with E-state index in [4.69, 9.17) is 19.9 Å². The number of nitrogens with two attached hydrogens (primary N) is 1. The lowest BCUT2D eigenvalue weighted by Crippen LogP contribution is -2.20. The number of nitrogens with zero attached hydrogens (tertiary/aromatic N) is 6. The van der Waals surface area contributed by atoms with Crippen molar-refractivity contribution >= 4 is 33.9 Å². The molecule has 1 amide bonds. The molecule has 4 rings (SSSR count). The van der Waals surface area contributed by atoms with Gasteiger partial charge in [0.1, 0.15) is 12.3 Å². The number of nitrogens with one attached hydrogen (secondary N) is 1. The van der Waals surface area contributed by atoms with Crippen LogP contribution in [0.4, 0.5) is 5.82 Å². The van der Waals surface area contributed by atoms with Gasteiger partial charge in [-0.15, -0.1) is 5.10 Å². The topological polar surface area (TPSA) is 165 Å². The van der Waals surface area contributed by atoms with E-state index in [0.29, 0.717) is 28.1 Å². The van der Waals surface area contributed by atoms with E-state index >= 15 is 0 Å². The SMILES string of the molecule is COCc1c(C(=O)N/N=C\c2cc(Br)c(OCc3ccccc3)c(OC)c2)nnn1-c1nonc1N. The zero-order chi connectivity index (χ0) is 25.5. The van der Waals surface area contributed by atoms with E-state index in [1.807, 2.05) is 30.3 Å². The molecule has 0 bridgehead atoms. The summed E-state index contributed by atoms with van der Waals surface area (Å²) in [6, 6.07) is 13.3. The summed E-state index contributed by atoms with van der Waals surface area (Å²) < 4.78 is 23.0. The zero-order valence-corrected chi connectivity index (χ0v) is 20.8. The van der Waals surface area contributed by atoms with E-state index in [0.717, 1.165) is 5.56 Å². The first-order valence-electron chi connectivity index (χ1n) is 10.4. The summed E-state index contributed by atoms with van der Waals surface area (Å²) >= 11 is 3.51. The lowest BCUT2D eigenvalue weighted by atomic mass is 10.2. The van der Waals surface area contributed by atoms with Crippen LogP contribution in [0.15, 0.2) is 56.7 Å². The Hall–Kier alpha value is -4.30. The summed E-state index contributed by atoms with van der Waals surface area (Å²) in [5.74, 6) is 0.497. The van der Waals surface area contributed by atoms with Crippen LogP contribution in [0.1, 0.15) is 27.3 Å². The third-order valence-corrected chi connectivity index (χ3v) is 5.40. The summed E-state index contributed by atoms with van der Waals surface area (Å²) in [4.78, 5) is 12.7. The van der Waals surface area contributed by atoms with E-state index < -0.39 is 5.91 Å². The monoisotopic (exact) mass is 556 g/mol. The van der Waals surface area contributed by atoms with E-state index in [-0.39, 0.29) is 29.6 Å². The van der Waals surface area contributed by atoms with Gasteiger partial charge in [-0.25, -0.2) is 10.1 Å². The van der Waals surface area contributed by atoms with Crippen LogP contribution in [-0.4, -0.2) is 51.6 Å². The fraction of sp³-hybridized carbons (Fsp3) is 0.182. The molecule has 0 saturated carbocycles. The summed E-state index contributed by atoms with van der Waals surface area (Å²) in [5, 5.41) is 19.0. The van der Waals surface area contributed by atoms with Gasteiger partial charge in [0.25, 0.3) is 5.91 Å². The summed E-state index contributed by atoms with van der Waals surface area (Å²) in [5.41, 5.74) is 10.1. The molecule has 36 heavy (non-hydrogen) atoms. The number of ether oxygens (including phenoxy) is 3. The van der Waals surface area contributed by atoms with E-state index in [1.54, 1.807) is 12.1 Å². The maximum atomic E-state index is 12.7. The Balaban J connectivity index is 1.48. The van der Waals surface area contributed by atoms with Crippen LogP contribution in [0.2, 0.25) is 0 Å². The van der Waals surface area contributed by atoms with E-state index in [9.17, 15) is 4.79 Å². The number of benzene rings is 2. The smallest absolute Gasteiger partial charge is 0.293 e. The summed E-state index contributed by atoms with van der Waals surface area (Å²) in [6.45, 7) is 0.375. The second-order valence-electron chi connectivity index (χ2n) is 7.21. The van der Waals surface area contributed by atoms with Gasteiger partial charge in [0.05, 0.1) is 24.4 Å². The Morgan fingerprint density at radius 2 is 2.03 bits per heavy atom. The van der Waals surface area contributed by atoms with E-state index in [1.165, 1.54) is 25.1 Å². The molecule has 14 heteroatoms. The summed E-state index contributed by atoms with van der Waals surface area (Å²) in [6.07, 6.45) is 1.45. The molecule has 0 aliphatic rings. The van der Waals surface area contributed by atoms with Gasteiger partial charge in [0.2, 0.25) is 11.6 Å². The molecule has 0 aliphatic carbocycles. The maximum Gasteiger partial charge on any atom is 0.293 e. The number of carbonyl (C=O) groups excluding carboxylic acids is 1. The maximum absolute atomic E-state index is 12.7. The van der Waals surface area contributed by atoms with Crippen LogP contribution in [0.3, 0.4) is 0 Å². The molecule has 0 atom stereocenters. The van der Waals surface area contributed by atoms with Gasteiger partial charge < -0.3 is 19.9 Å². The highest BCUT2D eigenvalue weighted by atomic mass is 79.9. The molecule has 0 unspecified atom stereocenters. The van der Waals surface area contributed by atoms with Crippen molar-refractivity contribution in [2.24, 2.45) is 5.10 Å². The number of hydrogen-bond acceptors (Lipinski definition) is 11. The number of hydrazone groups is 1. The largest absolute Gasteiger partial charge is 0.493 e. The Kier molecular flexibility index (Phi) is 7.87. The molecule has 0 fully saturated rings. The quantitative estimate of drug-likeness (QED) is 0.219. The van der Waals surface area contributed by atoms with Crippen LogP contribution >= 0.6 is 15.9 Å². The number of anilines is 1. The fourth-order valence-electron chi connectivity index (χ4n) is 3.15. The van der Waals surface area contributed by atoms with Crippen molar-refractivity contribution in [2.75, 3.05) is 20.0 Å². The van der Waals surface area contributed by atoms with Gasteiger partial charge in [-0.2, -0.15) is 9.78 Å². The predicted molar refractivity (Wildman–Crippen MR) is 131 cm³/mol. The van der Waals surface area contributed by atoms with Gasteiger partial charge in [0, 0.05) is 7.11 Å². The average Bonchev–Trinajstić information content (AvgIpc) is 3.49. The van der Waals surface area contributed by atoms with E-state index in [2.05, 4.69) is 51.7 Å². The molecule has 0 saturated heterocycles. The van der Waals surface area contributed by atoms with Crippen LogP contribution in [0.25, 0.3) is 5.82 Å². The molecular weight excluding hydrogens is 536 g/mol. The molecular formula is C22H21BrN8O5. The first-order chi connectivity index (χ1) is 17.5. The Morgan fingerprint density at radius 3 is 2.72 bits per heavy atom. The number of nitrogen functional groups attached to an aromatic ring is 1. The van der Waals surface area contributed by atoms with Crippen LogP contribution in [0.5, 0.6) is 11.5 Å². The highest BCUT2D eigenvalue weighted by molar-refractivity contribution is 9.10. The standard InChI is InChI=1S/C22H21BrN8O5/c1-33-12-16-18(26-30-31(16)21-20(24)28-36-29-21)22(32)27-25-10-14-8-15(23)19(17(9-14)34-2)35-11-13-6-4-3-5-7-13/h3-10H,11-12H2,1-2H3,(H2,24,28)(H,27,32)/b25-10-. The minimum absolute atomic E-state index is 0.000354. The highest BCUT2D eigenvalue weighted by Crippen LogP contribution is 2.36. The minimum Gasteiger partial charge on any atom is -0.493 e. The molecule has 0 radical (unpaired) electrons. The first-order valence-corrected chi connectivity index (χ1v) is 11.2. The third-order valence-electron chi connectivity index (χ3n) is 4.81. The minimum atomic E-state index is -0.617. The second-order valence-corrected chi connectivity index (χ2v) is 8.06. The lowest BCUT2D eigenvalue weighted by Gasteiger charge is -2.13. The number of halogens is 1. The molecule has 0 aliphatic heterocycles. The fourth-order valence-corrected chi connectivity index (χ4v) is 3.73. The van der Waals surface area contributed by atoms with Gasteiger partial charge in [-0.3, -0.25) is 4.79 Å². The van der Waals surface area contributed by atoms with Gasteiger partial charge in [-0.05, 0) is 49.5 Å². The normalized spacial score (nSPS) is 11.1.